The molecule has 2 aromatic carbocycles. The molecule has 0 saturated heterocycles. The molecule has 0 atom stereocenters. The van der Waals surface area contributed by atoms with Gasteiger partial charge in [-0.05, 0) is 102 Å². The molecule has 0 radical (unpaired) electrons. The first kappa shape index (κ1) is 32.8. The van der Waals surface area contributed by atoms with Crippen LogP contribution in [-0.4, -0.2) is 13.1 Å². The third-order valence-corrected chi connectivity index (χ3v) is 6.82. The van der Waals surface area contributed by atoms with Crippen molar-refractivity contribution in [3.8, 4) is 0 Å². The van der Waals surface area contributed by atoms with Gasteiger partial charge < -0.3 is 10.6 Å². The number of anilines is 2. The molecule has 2 aromatic heterocycles. The Hall–Kier alpha value is -1.72. The van der Waals surface area contributed by atoms with E-state index >= 15 is 0 Å². The van der Waals surface area contributed by atoms with Gasteiger partial charge in [-0.1, -0.05) is 0 Å². The Morgan fingerprint density at radius 2 is 1.02 bits per heavy atom. The Morgan fingerprint density at radius 1 is 0.650 bits per heavy atom. The van der Waals surface area contributed by atoms with Crippen LogP contribution in [0.1, 0.15) is 20.3 Å². The van der Waals surface area contributed by atoms with Gasteiger partial charge in [-0.25, -0.2) is 9.13 Å². The van der Waals surface area contributed by atoms with E-state index in [9.17, 15) is 0 Å². The SMILES string of the molecule is CC[n+]1ccsc1N=Nc1ccc(NCCCNc2ccc(N=Nc3scc[n+]3CC)cc2)cc1.[Cl][Zn-2]([Cl])([Cl])[Cl]. The molecule has 0 amide bonds. The van der Waals surface area contributed by atoms with Crippen molar-refractivity contribution in [1.82, 2.24) is 0 Å². The van der Waals surface area contributed by atoms with Crippen LogP contribution < -0.4 is 19.8 Å². The van der Waals surface area contributed by atoms with E-state index in [-0.39, 0.29) is 0 Å². The summed E-state index contributed by atoms with van der Waals surface area (Å²) in [5, 5.41) is 30.2. The standard InChI is InChI=1S/C25H28N8S2.4ClH.Zn/c1-3-32-16-18-34-24(32)30-28-22-10-6-20(7-11-22)26-14-5-15-27-21-8-12-23(13-9-21)29-31-25-33(4-2)17-19-35-25;;;;;/h6-13,16-19H,3-5,14-15H2,1-2H3;4*1H;/q;;;;;+2/p-2. The summed E-state index contributed by atoms with van der Waals surface area (Å²) < 4.78 is 4.15. The zero-order valence-electron chi connectivity index (χ0n) is 22.2. The summed E-state index contributed by atoms with van der Waals surface area (Å²) in [7, 11) is 16.8. The molecule has 4 aromatic rings. The molecule has 212 valence electrons. The zero-order valence-corrected chi connectivity index (χ0v) is 29.8. The fourth-order valence-corrected chi connectivity index (χ4v) is 4.77. The van der Waals surface area contributed by atoms with Crippen molar-refractivity contribution in [1.29, 1.82) is 0 Å². The van der Waals surface area contributed by atoms with Gasteiger partial charge in [-0.3, -0.25) is 0 Å². The van der Waals surface area contributed by atoms with Crippen LogP contribution in [0, 0.1) is 0 Å². The normalized spacial score (nSPS) is 11.6. The van der Waals surface area contributed by atoms with E-state index in [1.54, 1.807) is 22.7 Å². The number of nitrogens with zero attached hydrogens (tertiary/aromatic N) is 6. The van der Waals surface area contributed by atoms with Crippen molar-refractivity contribution in [3.05, 3.63) is 71.7 Å². The van der Waals surface area contributed by atoms with E-state index in [1.165, 1.54) is 0 Å². The van der Waals surface area contributed by atoms with Gasteiger partial charge in [-0.2, -0.15) is 0 Å². The van der Waals surface area contributed by atoms with Crippen LogP contribution in [0.3, 0.4) is 0 Å². The van der Waals surface area contributed by atoms with E-state index in [4.69, 9.17) is 38.8 Å². The van der Waals surface area contributed by atoms with Crippen LogP contribution in [0.4, 0.5) is 33.0 Å². The molecule has 2 heterocycles. The Morgan fingerprint density at radius 3 is 1.38 bits per heavy atom. The Kier molecular flexibility index (Phi) is 14.2. The maximum atomic E-state index is 5.05. The Balaban J connectivity index is 0.000000810. The van der Waals surface area contributed by atoms with E-state index < -0.39 is 10.8 Å². The second-order valence-electron chi connectivity index (χ2n) is 8.25. The van der Waals surface area contributed by atoms with Gasteiger partial charge in [0.25, 0.3) is 0 Å². The fourth-order valence-electron chi connectivity index (χ4n) is 3.28. The summed E-state index contributed by atoms with van der Waals surface area (Å²) in [4.78, 5) is 0. The Bertz CT molecular complexity index is 1250. The average Bonchev–Trinajstić information content (AvgIpc) is 3.60. The topological polar surface area (TPSA) is 81.3 Å². The third-order valence-electron chi connectivity index (χ3n) is 5.25. The van der Waals surface area contributed by atoms with Gasteiger partial charge in [0.2, 0.25) is 0 Å². The number of aryl methyl sites for hydroxylation is 2. The summed E-state index contributed by atoms with van der Waals surface area (Å²) in [6, 6.07) is 16.1. The van der Waals surface area contributed by atoms with Crippen molar-refractivity contribution in [2.75, 3.05) is 23.7 Å². The van der Waals surface area contributed by atoms with Crippen molar-refractivity contribution < 1.29 is 19.9 Å². The van der Waals surface area contributed by atoms with Crippen LogP contribution >= 0.6 is 61.4 Å². The molecule has 40 heavy (non-hydrogen) atoms. The minimum absolute atomic E-state index is 0.844. The van der Waals surface area contributed by atoms with Crippen LogP contribution in [0.25, 0.3) is 0 Å². The summed E-state index contributed by atoms with van der Waals surface area (Å²) in [6.07, 6.45) is 5.04. The second kappa shape index (κ2) is 17.3. The summed E-state index contributed by atoms with van der Waals surface area (Å²) in [5.41, 5.74) is 3.84. The van der Waals surface area contributed by atoms with Crippen molar-refractivity contribution >= 4 is 94.5 Å². The number of hydrogen-bond donors (Lipinski definition) is 2. The molecule has 0 aliphatic carbocycles. The van der Waals surface area contributed by atoms with Crippen molar-refractivity contribution in [3.63, 3.8) is 0 Å². The first-order chi connectivity index (χ1) is 19.2. The predicted octanol–water partition coefficient (Wildman–Crippen LogP) is 9.92. The Labute approximate surface area is 261 Å². The number of rotatable bonds is 12. The van der Waals surface area contributed by atoms with Crippen LogP contribution in [0.15, 0.2) is 92.1 Å². The number of hydrogen-bond acceptors (Lipinski definition) is 8. The predicted molar refractivity (Wildman–Crippen MR) is 167 cm³/mol. The van der Waals surface area contributed by atoms with Crippen LogP contribution in [-0.2, 0) is 23.9 Å². The van der Waals surface area contributed by atoms with Gasteiger partial charge in [0.05, 0.1) is 23.3 Å². The number of halogens is 4. The molecule has 2 N–H and O–H groups in total. The minimum atomic E-state index is -3.36. The molecular weight excluding hydrogens is 684 g/mol. The third kappa shape index (κ3) is 12.4. The monoisotopic (exact) mass is 710 g/mol. The summed E-state index contributed by atoms with van der Waals surface area (Å²) in [6.45, 7) is 7.73. The van der Waals surface area contributed by atoms with Gasteiger partial charge in [0, 0.05) is 35.2 Å². The average molecular weight is 714 g/mol. The van der Waals surface area contributed by atoms with E-state index in [0.29, 0.717) is 0 Å². The van der Waals surface area contributed by atoms with Crippen LogP contribution in [0.5, 0.6) is 0 Å². The number of thiazole rings is 2. The number of nitrogens with one attached hydrogen (secondary N) is 2. The molecule has 8 nitrogen and oxygen atoms in total. The zero-order chi connectivity index (χ0) is 28.8. The molecule has 0 aliphatic heterocycles. The van der Waals surface area contributed by atoms with Gasteiger partial charge in [0.15, 0.2) is 0 Å². The van der Waals surface area contributed by atoms with Gasteiger partial charge in [-0.15, -0.1) is 0 Å². The number of azo groups is 2. The van der Waals surface area contributed by atoms with Crippen molar-refractivity contribution in [2.45, 2.75) is 33.4 Å². The molecule has 0 bridgehead atoms. The molecule has 0 spiro atoms. The molecule has 0 aliphatic rings. The quantitative estimate of drug-likeness (QED) is 0.0664. The molecule has 15 heteroatoms. The number of benzene rings is 2. The van der Waals surface area contributed by atoms with Crippen LogP contribution in [0.2, 0.25) is 0 Å². The summed E-state index contributed by atoms with van der Waals surface area (Å²) in [5.74, 6) is 0. The summed E-state index contributed by atoms with van der Waals surface area (Å²) >= 11 is 3.18. The van der Waals surface area contributed by atoms with Gasteiger partial charge >= 0.3 is 59.8 Å². The molecular formula is C25H30Cl4N8S2Zn. The van der Waals surface area contributed by atoms with E-state index in [0.717, 1.165) is 65.6 Å². The first-order valence-corrected chi connectivity index (χ1v) is 30.1. The van der Waals surface area contributed by atoms with Gasteiger partial charge in [0.1, 0.15) is 23.8 Å². The van der Waals surface area contributed by atoms with E-state index in [2.05, 4.69) is 54.1 Å². The fraction of sp³-hybridized carbons (Fsp3) is 0.280. The number of aromatic nitrogens is 2. The maximum absolute atomic E-state index is 5.05. The van der Waals surface area contributed by atoms with E-state index in [1.807, 2.05) is 71.7 Å². The second-order valence-corrected chi connectivity index (χ2v) is 37.7. The first-order valence-electron chi connectivity index (χ1n) is 12.8. The molecule has 4 rings (SSSR count). The molecule has 0 fully saturated rings. The van der Waals surface area contributed by atoms with Crippen molar-refractivity contribution in [2.24, 2.45) is 20.5 Å². The molecule has 0 saturated carbocycles. The molecule has 0 unspecified atom stereocenters.